The van der Waals surface area contributed by atoms with Gasteiger partial charge in [-0.2, -0.15) is 0 Å². The van der Waals surface area contributed by atoms with E-state index in [1.807, 2.05) is 0 Å². The number of nitrogens with zero attached hydrogens (tertiary/aromatic N) is 2. The van der Waals surface area contributed by atoms with Crippen molar-refractivity contribution in [3.8, 4) is 0 Å². The molecule has 0 saturated carbocycles. The third-order valence-electron chi connectivity index (χ3n) is 1.31. The fourth-order valence-electron chi connectivity index (χ4n) is 0.707. The number of carbonyl (C=O) groups excluding carboxylic acids is 1. The van der Waals surface area contributed by atoms with E-state index in [1.165, 1.54) is 6.20 Å². The normalized spacial score (nSPS) is 9.43. The minimum atomic E-state index is -1.15. The predicted octanol–water partition coefficient (Wildman–Crippen LogP) is -0.928. The van der Waals surface area contributed by atoms with Crippen LogP contribution in [-0.4, -0.2) is 33.5 Å². The summed E-state index contributed by atoms with van der Waals surface area (Å²) in [6, 6.07) is 0. The topological polar surface area (TPSA) is 118 Å². The van der Waals surface area contributed by atoms with Crippen molar-refractivity contribution >= 4 is 17.7 Å². The van der Waals surface area contributed by atoms with Crippen LogP contribution in [0.15, 0.2) is 12.4 Å². The van der Waals surface area contributed by atoms with Gasteiger partial charge < -0.3 is 16.2 Å². The number of carboxylic acid groups (broad SMARTS) is 1. The van der Waals surface area contributed by atoms with Crippen molar-refractivity contribution < 1.29 is 14.7 Å². The number of carboxylic acids is 1. The summed E-state index contributed by atoms with van der Waals surface area (Å²) in [5.41, 5.74) is 4.72. The molecule has 4 N–H and O–H groups in total. The molecule has 0 spiro atoms. The molecule has 7 heteroatoms. The Bertz CT molecular complexity index is 348. The second kappa shape index (κ2) is 4.17. The zero-order valence-electron chi connectivity index (χ0n) is 7.10. The van der Waals surface area contributed by atoms with Gasteiger partial charge in [-0.15, -0.1) is 0 Å². The van der Waals surface area contributed by atoms with E-state index in [0.717, 1.165) is 6.20 Å². The number of anilines is 1. The minimum absolute atomic E-state index is 0.0684. The predicted molar refractivity (Wildman–Crippen MR) is 46.7 cm³/mol. The van der Waals surface area contributed by atoms with Crippen LogP contribution in [0.1, 0.15) is 10.5 Å². The van der Waals surface area contributed by atoms with Crippen molar-refractivity contribution in [2.24, 2.45) is 5.73 Å². The van der Waals surface area contributed by atoms with Crippen LogP contribution in [0, 0.1) is 0 Å². The van der Waals surface area contributed by atoms with E-state index < -0.39 is 11.9 Å². The maximum atomic E-state index is 10.4. The summed E-state index contributed by atoms with van der Waals surface area (Å²) < 4.78 is 0. The van der Waals surface area contributed by atoms with Gasteiger partial charge in [0.2, 0.25) is 5.91 Å². The van der Waals surface area contributed by atoms with Crippen LogP contribution in [0.25, 0.3) is 0 Å². The molecule has 0 atom stereocenters. The van der Waals surface area contributed by atoms with Crippen LogP contribution >= 0.6 is 0 Å². The van der Waals surface area contributed by atoms with E-state index in [9.17, 15) is 9.59 Å². The Morgan fingerprint density at radius 3 is 2.57 bits per heavy atom. The van der Waals surface area contributed by atoms with Crippen LogP contribution in [0.2, 0.25) is 0 Å². The molecule has 0 aliphatic carbocycles. The SMILES string of the molecule is NC(=O)CNc1cnc(C(=O)O)cn1. The largest absolute Gasteiger partial charge is 0.476 e. The lowest BCUT2D eigenvalue weighted by Gasteiger charge is -2.01. The fraction of sp³-hybridized carbons (Fsp3) is 0.143. The summed E-state index contributed by atoms with van der Waals surface area (Å²) in [6.45, 7) is -0.0684. The van der Waals surface area contributed by atoms with Gasteiger partial charge in [-0.1, -0.05) is 0 Å². The van der Waals surface area contributed by atoms with Gasteiger partial charge in [0.1, 0.15) is 5.82 Å². The highest BCUT2D eigenvalue weighted by Gasteiger charge is 2.04. The van der Waals surface area contributed by atoms with Gasteiger partial charge in [0.05, 0.1) is 18.9 Å². The lowest BCUT2D eigenvalue weighted by Crippen LogP contribution is -2.22. The van der Waals surface area contributed by atoms with E-state index in [2.05, 4.69) is 15.3 Å². The van der Waals surface area contributed by atoms with Gasteiger partial charge in [-0.25, -0.2) is 14.8 Å². The lowest BCUT2D eigenvalue weighted by molar-refractivity contribution is -0.116. The molecule has 1 rings (SSSR count). The Balaban J connectivity index is 2.64. The van der Waals surface area contributed by atoms with Gasteiger partial charge in [-0.3, -0.25) is 4.79 Å². The van der Waals surface area contributed by atoms with Crippen molar-refractivity contribution in [2.75, 3.05) is 11.9 Å². The summed E-state index contributed by atoms with van der Waals surface area (Å²) in [6.07, 6.45) is 2.30. The summed E-state index contributed by atoms with van der Waals surface area (Å²) in [5, 5.41) is 11.1. The first-order valence-electron chi connectivity index (χ1n) is 3.67. The van der Waals surface area contributed by atoms with Gasteiger partial charge in [0.15, 0.2) is 5.69 Å². The molecule has 0 unspecified atom stereocenters. The van der Waals surface area contributed by atoms with Crippen molar-refractivity contribution in [3.05, 3.63) is 18.1 Å². The third-order valence-corrected chi connectivity index (χ3v) is 1.31. The molecule has 74 valence electrons. The minimum Gasteiger partial charge on any atom is -0.476 e. The molecule has 14 heavy (non-hydrogen) atoms. The number of hydrogen-bond acceptors (Lipinski definition) is 5. The molecular formula is C7H8N4O3. The quantitative estimate of drug-likeness (QED) is 0.572. The van der Waals surface area contributed by atoms with Crippen molar-refractivity contribution in [2.45, 2.75) is 0 Å². The van der Waals surface area contributed by atoms with E-state index in [0.29, 0.717) is 5.82 Å². The molecule has 0 aliphatic heterocycles. The smallest absolute Gasteiger partial charge is 0.356 e. The highest BCUT2D eigenvalue weighted by atomic mass is 16.4. The number of carbonyl (C=O) groups is 2. The number of amides is 1. The average molecular weight is 196 g/mol. The summed E-state index contributed by atoms with van der Waals surface area (Å²) in [4.78, 5) is 28.0. The molecule has 0 aromatic carbocycles. The van der Waals surface area contributed by atoms with Crippen LogP contribution in [-0.2, 0) is 4.79 Å². The Kier molecular flexibility index (Phi) is 2.95. The first-order valence-corrected chi connectivity index (χ1v) is 3.67. The van der Waals surface area contributed by atoms with E-state index in [-0.39, 0.29) is 12.2 Å². The van der Waals surface area contributed by atoms with Crippen molar-refractivity contribution in [1.82, 2.24) is 9.97 Å². The number of hydrogen-bond donors (Lipinski definition) is 3. The lowest BCUT2D eigenvalue weighted by atomic mass is 10.4. The van der Waals surface area contributed by atoms with Crippen LogP contribution in [0.5, 0.6) is 0 Å². The number of rotatable bonds is 4. The van der Waals surface area contributed by atoms with E-state index in [4.69, 9.17) is 10.8 Å². The molecule has 0 bridgehead atoms. The maximum Gasteiger partial charge on any atom is 0.356 e. The zero-order valence-corrected chi connectivity index (χ0v) is 7.10. The van der Waals surface area contributed by atoms with Crippen LogP contribution < -0.4 is 11.1 Å². The number of aromatic nitrogens is 2. The fourth-order valence-corrected chi connectivity index (χ4v) is 0.707. The zero-order chi connectivity index (χ0) is 10.6. The highest BCUT2D eigenvalue weighted by Crippen LogP contribution is 1.99. The summed E-state index contributed by atoms with van der Waals surface area (Å²) in [5.74, 6) is -1.39. The Labute approximate surface area is 79.0 Å². The second-order valence-corrected chi connectivity index (χ2v) is 2.41. The molecule has 1 amide bonds. The maximum absolute atomic E-state index is 10.4. The molecule has 1 aromatic heterocycles. The van der Waals surface area contributed by atoms with E-state index >= 15 is 0 Å². The number of nitrogens with one attached hydrogen (secondary N) is 1. The van der Waals surface area contributed by atoms with Gasteiger partial charge in [-0.05, 0) is 0 Å². The molecule has 0 radical (unpaired) electrons. The highest BCUT2D eigenvalue weighted by molar-refractivity contribution is 5.85. The van der Waals surface area contributed by atoms with Crippen LogP contribution in [0.4, 0.5) is 5.82 Å². The molecule has 1 heterocycles. The number of nitrogens with two attached hydrogens (primary N) is 1. The molecule has 0 fully saturated rings. The van der Waals surface area contributed by atoms with Crippen molar-refractivity contribution in [1.29, 1.82) is 0 Å². The van der Waals surface area contributed by atoms with Gasteiger partial charge in [0.25, 0.3) is 0 Å². The average Bonchev–Trinajstić information content (AvgIpc) is 2.15. The molecule has 1 aromatic rings. The Morgan fingerprint density at radius 1 is 1.43 bits per heavy atom. The van der Waals surface area contributed by atoms with Gasteiger partial charge in [0, 0.05) is 0 Å². The number of aromatic carboxylic acids is 1. The molecule has 0 saturated heterocycles. The number of primary amides is 1. The summed E-state index contributed by atoms with van der Waals surface area (Å²) in [7, 11) is 0. The molecule has 0 aliphatic rings. The van der Waals surface area contributed by atoms with Crippen LogP contribution in [0.3, 0.4) is 0 Å². The summed E-state index contributed by atoms with van der Waals surface area (Å²) >= 11 is 0. The standard InChI is InChI=1S/C7H8N4O3/c8-5(12)2-11-6-3-9-4(1-10-6)7(13)14/h1,3H,2H2,(H2,8,12)(H,10,11)(H,13,14). The first kappa shape index (κ1) is 9.90. The molecule has 7 nitrogen and oxygen atoms in total. The second-order valence-electron chi connectivity index (χ2n) is 2.41. The van der Waals surface area contributed by atoms with Crippen molar-refractivity contribution in [3.63, 3.8) is 0 Å². The molecular weight excluding hydrogens is 188 g/mol. The van der Waals surface area contributed by atoms with Gasteiger partial charge >= 0.3 is 5.97 Å². The monoisotopic (exact) mass is 196 g/mol. The Morgan fingerprint density at radius 2 is 2.14 bits per heavy atom. The Hall–Kier alpha value is -2.18. The van der Waals surface area contributed by atoms with E-state index in [1.54, 1.807) is 0 Å². The third kappa shape index (κ3) is 2.70. The first-order chi connectivity index (χ1) is 6.59.